The molecule has 1 saturated carbocycles. The van der Waals surface area contributed by atoms with E-state index in [-0.39, 0.29) is 0 Å². The van der Waals surface area contributed by atoms with Crippen molar-refractivity contribution in [1.82, 2.24) is 19.6 Å². The first-order chi connectivity index (χ1) is 8.38. The topological polar surface area (TPSA) is 55.1 Å². The van der Waals surface area contributed by atoms with Crippen molar-refractivity contribution in [3.8, 4) is 0 Å². The first-order valence-electron chi connectivity index (χ1n) is 5.85. The fraction of sp³-hybridized carbons (Fsp3) is 0.545. The molecule has 1 fully saturated rings. The van der Waals surface area contributed by atoms with Crippen LogP contribution in [0.5, 0.6) is 0 Å². The minimum absolute atomic E-state index is 0.405. The van der Waals surface area contributed by atoms with Crippen LogP contribution < -0.4 is 5.32 Å². The molecule has 0 saturated heterocycles. The predicted molar refractivity (Wildman–Crippen MR) is 66.3 cm³/mol. The molecule has 0 bridgehead atoms. The molecule has 0 aliphatic heterocycles. The van der Waals surface area contributed by atoms with E-state index in [2.05, 4.69) is 20.5 Å². The summed E-state index contributed by atoms with van der Waals surface area (Å²) < 4.78 is 1.86. The summed E-state index contributed by atoms with van der Waals surface area (Å²) in [6.07, 6.45) is 8.84. The number of aromatic nitrogens is 4. The average Bonchev–Trinajstić information content (AvgIpc) is 2.97. The van der Waals surface area contributed by atoms with E-state index in [0.29, 0.717) is 17.8 Å². The van der Waals surface area contributed by atoms with E-state index in [1.54, 1.807) is 12.5 Å². The van der Waals surface area contributed by atoms with Gasteiger partial charge in [-0.2, -0.15) is 0 Å². The Balaban J connectivity index is 1.87. The van der Waals surface area contributed by atoms with Crippen molar-refractivity contribution < 1.29 is 0 Å². The summed E-state index contributed by atoms with van der Waals surface area (Å²) in [5, 5.41) is 11.4. The van der Waals surface area contributed by atoms with Crippen LogP contribution in [0.15, 0.2) is 18.7 Å². The number of fused-ring (bicyclic) bond motifs is 1. The van der Waals surface area contributed by atoms with Crippen LogP contribution in [0.25, 0.3) is 5.65 Å². The Morgan fingerprint density at radius 3 is 3.29 bits per heavy atom. The first-order valence-corrected chi connectivity index (χ1v) is 6.39. The van der Waals surface area contributed by atoms with Crippen LogP contribution in [0, 0.1) is 5.92 Å². The summed E-state index contributed by atoms with van der Waals surface area (Å²) in [6, 6.07) is 0.405. The van der Waals surface area contributed by atoms with Crippen LogP contribution in [-0.2, 0) is 0 Å². The molecule has 2 aromatic rings. The third kappa shape index (κ3) is 1.95. The molecule has 2 aromatic heterocycles. The molecule has 0 radical (unpaired) electrons. The molecule has 1 aliphatic rings. The maximum absolute atomic E-state index is 5.97. The molecule has 17 heavy (non-hydrogen) atoms. The number of rotatable bonds is 3. The van der Waals surface area contributed by atoms with Crippen molar-refractivity contribution in [2.75, 3.05) is 11.2 Å². The van der Waals surface area contributed by atoms with E-state index in [0.717, 1.165) is 17.9 Å². The van der Waals surface area contributed by atoms with Crippen LogP contribution in [0.3, 0.4) is 0 Å². The number of hydrogen-bond acceptors (Lipinski definition) is 4. The normalized spacial score (nSPS) is 24.3. The summed E-state index contributed by atoms with van der Waals surface area (Å²) in [5.41, 5.74) is 0.771. The van der Waals surface area contributed by atoms with Gasteiger partial charge in [-0.05, 0) is 18.8 Å². The van der Waals surface area contributed by atoms with E-state index in [9.17, 15) is 0 Å². The van der Waals surface area contributed by atoms with Gasteiger partial charge >= 0.3 is 0 Å². The van der Waals surface area contributed by atoms with Crippen molar-refractivity contribution in [2.24, 2.45) is 5.92 Å². The van der Waals surface area contributed by atoms with Gasteiger partial charge < -0.3 is 5.32 Å². The minimum atomic E-state index is 0.405. The van der Waals surface area contributed by atoms with Gasteiger partial charge in [0.25, 0.3) is 0 Å². The quantitative estimate of drug-likeness (QED) is 0.848. The molecule has 2 heterocycles. The summed E-state index contributed by atoms with van der Waals surface area (Å²) in [6.45, 7) is 0. The van der Waals surface area contributed by atoms with Gasteiger partial charge in [0.05, 0.1) is 0 Å². The molecule has 1 N–H and O–H groups in total. The van der Waals surface area contributed by atoms with Crippen LogP contribution in [-0.4, -0.2) is 31.5 Å². The zero-order valence-electron chi connectivity index (χ0n) is 9.38. The Morgan fingerprint density at radius 2 is 2.41 bits per heavy atom. The summed E-state index contributed by atoms with van der Waals surface area (Å²) in [7, 11) is 0. The van der Waals surface area contributed by atoms with Crippen molar-refractivity contribution in [3.63, 3.8) is 0 Å². The number of halogens is 1. The zero-order chi connectivity index (χ0) is 11.7. The van der Waals surface area contributed by atoms with Gasteiger partial charge in [-0.15, -0.1) is 21.8 Å². The Labute approximate surface area is 104 Å². The minimum Gasteiger partial charge on any atom is -0.364 e. The van der Waals surface area contributed by atoms with Gasteiger partial charge in [0.1, 0.15) is 6.33 Å². The van der Waals surface area contributed by atoms with Crippen LogP contribution in [0.4, 0.5) is 5.82 Å². The number of alkyl halides is 1. The standard InChI is InChI=1S/C11H14ClN5/c12-6-8-2-1-3-9(8)15-10-11-16-14-7-17(11)5-4-13-10/h4-5,7-9H,1-3,6H2,(H,13,15). The fourth-order valence-electron chi connectivity index (χ4n) is 2.45. The molecular formula is C11H14ClN5. The van der Waals surface area contributed by atoms with Gasteiger partial charge in [-0.3, -0.25) is 4.40 Å². The lowest BCUT2D eigenvalue weighted by molar-refractivity contribution is 0.561. The maximum Gasteiger partial charge on any atom is 0.203 e. The molecule has 6 heteroatoms. The highest BCUT2D eigenvalue weighted by atomic mass is 35.5. The van der Waals surface area contributed by atoms with Crippen molar-refractivity contribution in [2.45, 2.75) is 25.3 Å². The molecule has 5 nitrogen and oxygen atoms in total. The molecule has 0 spiro atoms. The summed E-state index contributed by atoms with van der Waals surface area (Å²) in [4.78, 5) is 4.33. The Kier molecular flexibility index (Phi) is 2.84. The largest absolute Gasteiger partial charge is 0.364 e. The van der Waals surface area contributed by atoms with Crippen LogP contribution in [0.2, 0.25) is 0 Å². The maximum atomic E-state index is 5.97. The third-order valence-electron chi connectivity index (χ3n) is 3.40. The highest BCUT2D eigenvalue weighted by Gasteiger charge is 2.27. The second kappa shape index (κ2) is 4.49. The van der Waals surface area contributed by atoms with E-state index in [4.69, 9.17) is 11.6 Å². The van der Waals surface area contributed by atoms with E-state index in [1.165, 1.54) is 12.8 Å². The van der Waals surface area contributed by atoms with Crippen LogP contribution >= 0.6 is 11.6 Å². The van der Waals surface area contributed by atoms with E-state index < -0.39 is 0 Å². The lowest BCUT2D eigenvalue weighted by atomic mass is 10.1. The second-order valence-corrected chi connectivity index (χ2v) is 4.74. The molecule has 0 aromatic carbocycles. The fourth-order valence-corrected chi connectivity index (χ4v) is 2.82. The lowest BCUT2D eigenvalue weighted by Gasteiger charge is -2.19. The Hall–Kier alpha value is -1.36. The second-order valence-electron chi connectivity index (χ2n) is 4.43. The third-order valence-corrected chi connectivity index (χ3v) is 3.79. The van der Waals surface area contributed by atoms with Gasteiger partial charge in [-0.25, -0.2) is 4.98 Å². The predicted octanol–water partition coefficient (Wildman–Crippen LogP) is 1.94. The number of hydrogen-bond donors (Lipinski definition) is 1. The van der Waals surface area contributed by atoms with Crippen molar-refractivity contribution in [1.29, 1.82) is 0 Å². The summed E-state index contributed by atoms with van der Waals surface area (Å²) in [5.74, 6) is 2.03. The molecule has 3 rings (SSSR count). The molecule has 1 aliphatic carbocycles. The van der Waals surface area contributed by atoms with Crippen molar-refractivity contribution >= 4 is 23.1 Å². The first kappa shape index (κ1) is 10.8. The highest BCUT2D eigenvalue weighted by Crippen LogP contribution is 2.29. The van der Waals surface area contributed by atoms with Gasteiger partial charge in [-0.1, -0.05) is 6.42 Å². The zero-order valence-corrected chi connectivity index (χ0v) is 10.1. The van der Waals surface area contributed by atoms with Crippen molar-refractivity contribution in [3.05, 3.63) is 18.7 Å². The lowest BCUT2D eigenvalue weighted by Crippen LogP contribution is -2.25. The average molecular weight is 252 g/mol. The Bertz CT molecular complexity index is 511. The number of nitrogens with one attached hydrogen (secondary N) is 1. The van der Waals surface area contributed by atoms with Gasteiger partial charge in [0, 0.05) is 24.3 Å². The molecule has 2 atom stereocenters. The van der Waals surface area contributed by atoms with E-state index >= 15 is 0 Å². The van der Waals surface area contributed by atoms with E-state index in [1.807, 2.05) is 10.6 Å². The molecule has 90 valence electrons. The monoisotopic (exact) mass is 251 g/mol. The summed E-state index contributed by atoms with van der Waals surface area (Å²) >= 11 is 5.97. The molecular weight excluding hydrogens is 238 g/mol. The SMILES string of the molecule is ClCC1CCCC1Nc1nccn2cnnc12. The Morgan fingerprint density at radius 1 is 1.47 bits per heavy atom. The number of nitrogens with zero attached hydrogens (tertiary/aromatic N) is 4. The highest BCUT2D eigenvalue weighted by molar-refractivity contribution is 6.18. The van der Waals surface area contributed by atoms with Crippen LogP contribution in [0.1, 0.15) is 19.3 Å². The van der Waals surface area contributed by atoms with Gasteiger partial charge in [0.2, 0.25) is 5.65 Å². The molecule has 0 amide bonds. The molecule has 2 unspecified atom stereocenters. The number of anilines is 1. The van der Waals surface area contributed by atoms with Gasteiger partial charge in [0.15, 0.2) is 5.82 Å². The smallest absolute Gasteiger partial charge is 0.203 e.